The second-order valence-corrected chi connectivity index (χ2v) is 3.46. The lowest BCUT2D eigenvalue weighted by Gasteiger charge is -2.12. The normalized spacial score (nSPS) is 11.9. The van der Waals surface area contributed by atoms with E-state index in [9.17, 15) is 9.90 Å². The van der Waals surface area contributed by atoms with Gasteiger partial charge in [0.05, 0.1) is 0 Å². The molecule has 1 atom stereocenters. The summed E-state index contributed by atoms with van der Waals surface area (Å²) in [5, 5.41) is 14.6. The molecular formula is C11H16N2O2. The van der Waals surface area contributed by atoms with Crippen LogP contribution in [0.25, 0.3) is 0 Å². The Hall–Kier alpha value is -1.71. The highest BCUT2D eigenvalue weighted by Crippen LogP contribution is 2.14. The van der Waals surface area contributed by atoms with Crippen LogP contribution < -0.4 is 10.6 Å². The van der Waals surface area contributed by atoms with E-state index in [-0.39, 0.29) is 17.8 Å². The van der Waals surface area contributed by atoms with Gasteiger partial charge in [0.1, 0.15) is 5.75 Å². The third-order valence-corrected chi connectivity index (χ3v) is 2.09. The summed E-state index contributed by atoms with van der Waals surface area (Å²) in [5.74, 6) is 0.135. The maximum absolute atomic E-state index is 11.4. The first-order valence-electron chi connectivity index (χ1n) is 4.98. The smallest absolute Gasteiger partial charge is 0.319 e. The molecule has 0 aliphatic heterocycles. The number of amides is 2. The van der Waals surface area contributed by atoms with Crippen molar-refractivity contribution in [2.75, 3.05) is 5.32 Å². The Morgan fingerprint density at radius 2 is 2.27 bits per heavy atom. The number of hydrogen-bond donors (Lipinski definition) is 3. The van der Waals surface area contributed by atoms with E-state index in [0.717, 1.165) is 6.42 Å². The quantitative estimate of drug-likeness (QED) is 0.713. The highest BCUT2D eigenvalue weighted by molar-refractivity contribution is 5.89. The first-order chi connectivity index (χ1) is 7.11. The number of phenolic OH excluding ortho intramolecular Hbond substituents is 1. The van der Waals surface area contributed by atoms with E-state index < -0.39 is 0 Å². The molecule has 1 aromatic carbocycles. The van der Waals surface area contributed by atoms with Gasteiger partial charge in [0.15, 0.2) is 0 Å². The predicted molar refractivity (Wildman–Crippen MR) is 60.0 cm³/mol. The molecule has 3 N–H and O–H groups in total. The molecule has 1 unspecified atom stereocenters. The fourth-order valence-corrected chi connectivity index (χ4v) is 1.08. The highest BCUT2D eigenvalue weighted by atomic mass is 16.3. The number of phenols is 1. The molecule has 0 aliphatic carbocycles. The summed E-state index contributed by atoms with van der Waals surface area (Å²) in [6.45, 7) is 3.93. The summed E-state index contributed by atoms with van der Waals surface area (Å²) >= 11 is 0. The van der Waals surface area contributed by atoms with Gasteiger partial charge in [0.2, 0.25) is 0 Å². The number of aromatic hydroxyl groups is 1. The third-order valence-electron chi connectivity index (χ3n) is 2.09. The van der Waals surface area contributed by atoms with Crippen molar-refractivity contribution in [1.29, 1.82) is 0 Å². The Labute approximate surface area is 89.3 Å². The minimum Gasteiger partial charge on any atom is -0.508 e. The number of rotatable bonds is 3. The van der Waals surface area contributed by atoms with Crippen molar-refractivity contribution >= 4 is 11.7 Å². The zero-order chi connectivity index (χ0) is 11.3. The second-order valence-electron chi connectivity index (χ2n) is 3.46. The topological polar surface area (TPSA) is 61.4 Å². The molecule has 0 spiro atoms. The molecule has 0 aromatic heterocycles. The van der Waals surface area contributed by atoms with Crippen molar-refractivity contribution in [1.82, 2.24) is 5.32 Å². The van der Waals surface area contributed by atoms with Gasteiger partial charge in [-0.2, -0.15) is 0 Å². The first kappa shape index (κ1) is 11.4. The zero-order valence-corrected chi connectivity index (χ0v) is 8.95. The maximum atomic E-state index is 11.4. The summed E-state index contributed by atoms with van der Waals surface area (Å²) in [4.78, 5) is 11.4. The molecule has 0 saturated heterocycles. The average Bonchev–Trinajstić information content (AvgIpc) is 2.17. The van der Waals surface area contributed by atoms with Gasteiger partial charge in [-0.15, -0.1) is 0 Å². The molecule has 0 saturated carbocycles. The fraction of sp³-hybridized carbons (Fsp3) is 0.364. The van der Waals surface area contributed by atoms with Crippen LogP contribution >= 0.6 is 0 Å². The Morgan fingerprint density at radius 3 is 2.87 bits per heavy atom. The lowest BCUT2D eigenvalue weighted by atomic mass is 10.3. The van der Waals surface area contributed by atoms with E-state index in [0.29, 0.717) is 5.69 Å². The number of carbonyl (C=O) groups is 1. The molecule has 4 heteroatoms. The molecule has 4 nitrogen and oxygen atoms in total. The number of benzene rings is 1. The zero-order valence-electron chi connectivity index (χ0n) is 8.95. The van der Waals surface area contributed by atoms with Crippen LogP contribution in [-0.2, 0) is 0 Å². The van der Waals surface area contributed by atoms with Gasteiger partial charge < -0.3 is 15.7 Å². The SMILES string of the molecule is CCC(C)NC(=O)Nc1cccc(O)c1. The molecule has 0 fully saturated rings. The van der Waals surface area contributed by atoms with E-state index in [2.05, 4.69) is 10.6 Å². The molecule has 1 rings (SSSR count). The number of nitrogens with one attached hydrogen (secondary N) is 2. The van der Waals surface area contributed by atoms with Crippen LogP contribution in [0.1, 0.15) is 20.3 Å². The molecule has 2 amide bonds. The number of hydrogen-bond acceptors (Lipinski definition) is 2. The minimum absolute atomic E-state index is 0.135. The van der Waals surface area contributed by atoms with Crippen LogP contribution in [0.3, 0.4) is 0 Å². The lowest BCUT2D eigenvalue weighted by Crippen LogP contribution is -2.35. The summed E-state index contributed by atoms with van der Waals surface area (Å²) in [6, 6.07) is 6.33. The van der Waals surface area contributed by atoms with Crippen LogP contribution in [0.2, 0.25) is 0 Å². The van der Waals surface area contributed by atoms with Crippen LogP contribution in [0.4, 0.5) is 10.5 Å². The standard InChI is InChI=1S/C11H16N2O2/c1-3-8(2)12-11(15)13-9-5-4-6-10(14)7-9/h4-8,14H,3H2,1-2H3,(H2,12,13,15). The van der Waals surface area contributed by atoms with Gasteiger partial charge in [-0.3, -0.25) is 0 Å². The summed E-state index contributed by atoms with van der Waals surface area (Å²) in [6.07, 6.45) is 0.882. The summed E-state index contributed by atoms with van der Waals surface area (Å²) < 4.78 is 0. The van der Waals surface area contributed by atoms with Crippen LogP contribution in [0.15, 0.2) is 24.3 Å². The van der Waals surface area contributed by atoms with E-state index >= 15 is 0 Å². The Morgan fingerprint density at radius 1 is 1.53 bits per heavy atom. The lowest BCUT2D eigenvalue weighted by molar-refractivity contribution is 0.249. The molecule has 15 heavy (non-hydrogen) atoms. The maximum Gasteiger partial charge on any atom is 0.319 e. The Kier molecular flexibility index (Phi) is 3.97. The van der Waals surface area contributed by atoms with E-state index in [1.807, 2.05) is 13.8 Å². The largest absolute Gasteiger partial charge is 0.508 e. The predicted octanol–water partition coefficient (Wildman–Crippen LogP) is 2.31. The van der Waals surface area contributed by atoms with Crippen molar-refractivity contribution in [2.45, 2.75) is 26.3 Å². The van der Waals surface area contributed by atoms with E-state index in [4.69, 9.17) is 0 Å². The van der Waals surface area contributed by atoms with Crippen molar-refractivity contribution in [3.63, 3.8) is 0 Å². The van der Waals surface area contributed by atoms with Crippen LogP contribution in [0.5, 0.6) is 5.75 Å². The average molecular weight is 208 g/mol. The van der Waals surface area contributed by atoms with Crippen molar-refractivity contribution in [3.05, 3.63) is 24.3 Å². The Balaban J connectivity index is 2.51. The van der Waals surface area contributed by atoms with Crippen LogP contribution in [-0.4, -0.2) is 17.2 Å². The van der Waals surface area contributed by atoms with Gasteiger partial charge in [0.25, 0.3) is 0 Å². The summed E-state index contributed by atoms with van der Waals surface area (Å²) in [5.41, 5.74) is 0.579. The monoisotopic (exact) mass is 208 g/mol. The van der Waals surface area contributed by atoms with Gasteiger partial charge >= 0.3 is 6.03 Å². The molecule has 0 bridgehead atoms. The second kappa shape index (κ2) is 5.24. The minimum atomic E-state index is -0.255. The molecule has 0 radical (unpaired) electrons. The first-order valence-corrected chi connectivity index (χ1v) is 4.98. The van der Waals surface area contributed by atoms with E-state index in [1.165, 1.54) is 6.07 Å². The van der Waals surface area contributed by atoms with Gasteiger partial charge in [0, 0.05) is 17.8 Å². The molecule has 0 heterocycles. The number of urea groups is 1. The Bertz CT molecular complexity index is 339. The molecule has 0 aliphatic rings. The van der Waals surface area contributed by atoms with Crippen LogP contribution in [0, 0.1) is 0 Å². The third kappa shape index (κ3) is 3.89. The van der Waals surface area contributed by atoms with Crippen molar-refractivity contribution < 1.29 is 9.90 Å². The summed E-state index contributed by atoms with van der Waals surface area (Å²) in [7, 11) is 0. The molecule has 82 valence electrons. The van der Waals surface area contributed by atoms with Gasteiger partial charge in [-0.05, 0) is 25.5 Å². The van der Waals surface area contributed by atoms with Crippen molar-refractivity contribution in [3.8, 4) is 5.75 Å². The number of carbonyl (C=O) groups excluding carboxylic acids is 1. The molecule has 1 aromatic rings. The molecular weight excluding hydrogens is 192 g/mol. The highest BCUT2D eigenvalue weighted by Gasteiger charge is 2.05. The number of anilines is 1. The van der Waals surface area contributed by atoms with E-state index in [1.54, 1.807) is 18.2 Å². The van der Waals surface area contributed by atoms with Gasteiger partial charge in [-0.1, -0.05) is 13.0 Å². The van der Waals surface area contributed by atoms with Gasteiger partial charge in [-0.25, -0.2) is 4.79 Å². The van der Waals surface area contributed by atoms with Crippen molar-refractivity contribution in [2.24, 2.45) is 0 Å². The fourth-order valence-electron chi connectivity index (χ4n) is 1.08.